The largest absolute Gasteiger partial charge is 0.480 e. The van der Waals surface area contributed by atoms with Crippen LogP contribution in [0.25, 0.3) is 0 Å². The Balaban J connectivity index is 0. The molecule has 0 radical (unpaired) electrons. The van der Waals surface area contributed by atoms with Crippen molar-refractivity contribution in [2.45, 2.75) is 31.5 Å². The Bertz CT molecular complexity index is 362. The summed E-state index contributed by atoms with van der Waals surface area (Å²) in [7, 11) is 0. The molecular formula is C11H17Br2F3N2O4. The second-order valence-corrected chi connectivity index (χ2v) is 5.07. The van der Waals surface area contributed by atoms with E-state index in [0.717, 1.165) is 0 Å². The van der Waals surface area contributed by atoms with Crippen LogP contribution >= 0.6 is 31.9 Å². The van der Waals surface area contributed by atoms with Gasteiger partial charge in [-0.3, -0.25) is 9.59 Å². The number of rotatable bonds is 8. The summed E-state index contributed by atoms with van der Waals surface area (Å²) >= 11 is 5.99. The van der Waals surface area contributed by atoms with Gasteiger partial charge >= 0.3 is 18.1 Å². The van der Waals surface area contributed by atoms with E-state index in [-0.39, 0.29) is 12.2 Å². The summed E-state index contributed by atoms with van der Waals surface area (Å²) in [5.41, 5.74) is 5.15. The van der Waals surface area contributed by atoms with Gasteiger partial charge in [0.25, 0.3) is 0 Å². The molecular weight excluding hydrogens is 441 g/mol. The van der Waals surface area contributed by atoms with Crippen LogP contribution in [0, 0.1) is 0 Å². The SMILES string of the molecule is NCCCC[C@H](NC(=O)C(F)(F)F)C(=O)O.O=C(CBr)CBr. The Kier molecular flexibility index (Phi) is 13.7. The molecule has 0 unspecified atom stereocenters. The van der Waals surface area contributed by atoms with Crippen LogP contribution in [0.1, 0.15) is 19.3 Å². The number of hydrogen-bond acceptors (Lipinski definition) is 4. The van der Waals surface area contributed by atoms with Crippen LogP contribution in [0.5, 0.6) is 0 Å². The third-order valence-electron chi connectivity index (χ3n) is 2.11. The highest BCUT2D eigenvalue weighted by Crippen LogP contribution is 2.15. The number of nitrogens with two attached hydrogens (primary N) is 1. The number of carboxylic acids is 1. The number of nitrogens with one attached hydrogen (secondary N) is 1. The highest BCUT2D eigenvalue weighted by Gasteiger charge is 2.40. The monoisotopic (exact) mass is 456 g/mol. The average Bonchev–Trinajstić information content (AvgIpc) is 2.44. The molecule has 0 fully saturated rings. The first kappa shape index (κ1) is 23.6. The van der Waals surface area contributed by atoms with E-state index in [2.05, 4.69) is 31.9 Å². The summed E-state index contributed by atoms with van der Waals surface area (Å²) in [6.07, 6.45) is -4.31. The number of unbranched alkanes of at least 4 members (excludes halogenated alkanes) is 1. The van der Waals surface area contributed by atoms with Crippen LogP contribution in [0.3, 0.4) is 0 Å². The number of carboxylic acid groups (broad SMARTS) is 1. The van der Waals surface area contributed by atoms with E-state index >= 15 is 0 Å². The van der Waals surface area contributed by atoms with Crippen LogP contribution < -0.4 is 11.1 Å². The molecule has 1 atom stereocenters. The third-order valence-corrected chi connectivity index (χ3v) is 3.36. The maximum Gasteiger partial charge on any atom is 0.471 e. The molecule has 11 heteroatoms. The van der Waals surface area contributed by atoms with Gasteiger partial charge in [-0.15, -0.1) is 0 Å². The Hall–Kier alpha value is -0.680. The summed E-state index contributed by atoms with van der Waals surface area (Å²) in [6, 6.07) is -1.53. The number of carbonyl (C=O) groups is 3. The van der Waals surface area contributed by atoms with E-state index < -0.39 is 24.1 Å². The summed E-state index contributed by atoms with van der Waals surface area (Å²) in [6.45, 7) is 0.319. The number of carbonyl (C=O) groups excluding carboxylic acids is 2. The number of alkyl halides is 5. The van der Waals surface area contributed by atoms with E-state index in [1.807, 2.05) is 0 Å². The van der Waals surface area contributed by atoms with Crippen molar-refractivity contribution in [3.05, 3.63) is 0 Å². The molecule has 0 aliphatic heterocycles. The predicted molar refractivity (Wildman–Crippen MR) is 81.1 cm³/mol. The lowest BCUT2D eigenvalue weighted by atomic mass is 10.1. The van der Waals surface area contributed by atoms with Gasteiger partial charge in [-0.05, 0) is 25.8 Å². The van der Waals surface area contributed by atoms with Gasteiger partial charge < -0.3 is 16.2 Å². The Morgan fingerprint density at radius 1 is 1.14 bits per heavy atom. The lowest BCUT2D eigenvalue weighted by Gasteiger charge is -2.15. The van der Waals surface area contributed by atoms with Gasteiger partial charge in [-0.1, -0.05) is 31.9 Å². The second-order valence-electron chi connectivity index (χ2n) is 3.95. The molecule has 0 aliphatic rings. The zero-order valence-electron chi connectivity index (χ0n) is 11.5. The highest BCUT2D eigenvalue weighted by molar-refractivity contribution is 9.10. The van der Waals surface area contributed by atoms with E-state index in [1.54, 1.807) is 0 Å². The fraction of sp³-hybridized carbons (Fsp3) is 0.727. The molecule has 0 aromatic heterocycles. The van der Waals surface area contributed by atoms with Gasteiger partial charge in [0, 0.05) is 0 Å². The smallest absolute Gasteiger partial charge is 0.471 e. The first-order valence-electron chi connectivity index (χ1n) is 6.04. The number of aliphatic carboxylic acids is 1. The number of amides is 1. The molecule has 0 aromatic carbocycles. The standard InChI is InChI=1S/C8H13F3N2O3.C3H4Br2O/c9-8(10,11)7(16)13-5(6(14)15)3-1-2-4-12;4-1-3(6)2-5/h5H,1-4,12H2,(H,13,16)(H,14,15);1-2H2/t5-;/m0./s1. The van der Waals surface area contributed by atoms with E-state index in [0.29, 0.717) is 30.0 Å². The number of hydrogen-bond donors (Lipinski definition) is 3. The lowest BCUT2D eigenvalue weighted by Crippen LogP contribution is -2.46. The van der Waals surface area contributed by atoms with Crippen molar-refractivity contribution in [2.24, 2.45) is 5.73 Å². The van der Waals surface area contributed by atoms with E-state index in [9.17, 15) is 27.6 Å². The fourth-order valence-corrected chi connectivity index (χ4v) is 1.95. The first-order valence-corrected chi connectivity index (χ1v) is 8.28. The van der Waals surface area contributed by atoms with Crippen LogP contribution in [-0.4, -0.2) is 52.2 Å². The van der Waals surface area contributed by atoms with Gasteiger partial charge in [0.2, 0.25) is 0 Å². The number of Topliss-reactive ketones (excluding diaryl/α,β-unsaturated/α-hetero) is 1. The summed E-state index contributed by atoms with van der Waals surface area (Å²) in [5.74, 6) is -3.56. The average molecular weight is 458 g/mol. The topological polar surface area (TPSA) is 109 Å². The van der Waals surface area contributed by atoms with Crippen molar-refractivity contribution >= 4 is 49.5 Å². The molecule has 1 amide bonds. The minimum Gasteiger partial charge on any atom is -0.480 e. The maximum absolute atomic E-state index is 11.8. The zero-order valence-corrected chi connectivity index (χ0v) is 14.6. The Morgan fingerprint density at radius 2 is 1.64 bits per heavy atom. The molecule has 0 heterocycles. The van der Waals surface area contributed by atoms with Gasteiger partial charge in [-0.2, -0.15) is 13.2 Å². The summed E-state index contributed by atoms with van der Waals surface area (Å²) < 4.78 is 35.5. The highest BCUT2D eigenvalue weighted by atomic mass is 79.9. The van der Waals surface area contributed by atoms with Crippen molar-refractivity contribution in [3.63, 3.8) is 0 Å². The molecule has 130 valence electrons. The molecule has 0 spiro atoms. The Labute approximate surface area is 142 Å². The van der Waals surface area contributed by atoms with Crippen LogP contribution in [0.2, 0.25) is 0 Å². The maximum atomic E-state index is 11.8. The molecule has 4 N–H and O–H groups in total. The van der Waals surface area contributed by atoms with Crippen molar-refractivity contribution in [1.29, 1.82) is 0 Å². The second kappa shape index (κ2) is 12.8. The first-order chi connectivity index (χ1) is 10.1. The van der Waals surface area contributed by atoms with Crippen molar-refractivity contribution in [2.75, 3.05) is 17.2 Å². The van der Waals surface area contributed by atoms with Crippen molar-refractivity contribution in [1.82, 2.24) is 5.32 Å². The fourth-order valence-electron chi connectivity index (χ4n) is 1.03. The number of halogens is 5. The molecule has 6 nitrogen and oxygen atoms in total. The zero-order chi connectivity index (χ0) is 17.8. The molecule has 0 saturated heterocycles. The normalized spacial score (nSPS) is 11.9. The lowest BCUT2D eigenvalue weighted by molar-refractivity contribution is -0.175. The van der Waals surface area contributed by atoms with Crippen molar-refractivity contribution < 1.29 is 32.7 Å². The summed E-state index contributed by atoms with van der Waals surface area (Å²) in [5, 5.41) is 10.9. The summed E-state index contributed by atoms with van der Waals surface area (Å²) in [4.78, 5) is 31.1. The molecule has 0 bridgehead atoms. The van der Waals surface area contributed by atoms with Crippen LogP contribution in [0.15, 0.2) is 0 Å². The van der Waals surface area contributed by atoms with Gasteiger partial charge in [-0.25, -0.2) is 4.79 Å². The van der Waals surface area contributed by atoms with Gasteiger partial charge in [0.15, 0.2) is 5.78 Å². The van der Waals surface area contributed by atoms with Gasteiger partial charge in [0.1, 0.15) is 6.04 Å². The van der Waals surface area contributed by atoms with Crippen molar-refractivity contribution in [3.8, 4) is 0 Å². The molecule has 0 aliphatic carbocycles. The molecule has 0 saturated carbocycles. The van der Waals surface area contributed by atoms with Crippen LogP contribution in [-0.2, 0) is 14.4 Å². The van der Waals surface area contributed by atoms with Gasteiger partial charge in [0.05, 0.1) is 10.7 Å². The van der Waals surface area contributed by atoms with Crippen LogP contribution in [0.4, 0.5) is 13.2 Å². The number of ketones is 1. The molecule has 0 rings (SSSR count). The van der Waals surface area contributed by atoms with E-state index in [1.165, 1.54) is 5.32 Å². The molecule has 22 heavy (non-hydrogen) atoms. The minimum absolute atomic E-state index is 0.0750. The Morgan fingerprint density at radius 3 is 1.91 bits per heavy atom. The quantitative estimate of drug-likeness (QED) is 0.378. The third kappa shape index (κ3) is 13.0. The van der Waals surface area contributed by atoms with E-state index in [4.69, 9.17) is 10.8 Å². The molecule has 0 aromatic rings. The predicted octanol–water partition coefficient (Wildman–Crippen LogP) is 1.59. The minimum atomic E-state index is -5.07.